The molecule has 3 nitrogen and oxygen atoms in total. The summed E-state index contributed by atoms with van der Waals surface area (Å²) in [5.74, 6) is 0.957. The third-order valence-corrected chi connectivity index (χ3v) is 3.67. The average molecular weight is 269 g/mol. The van der Waals surface area contributed by atoms with E-state index in [-0.39, 0.29) is 5.91 Å². The van der Waals surface area contributed by atoms with Crippen LogP contribution in [0.4, 0.5) is 0 Å². The fourth-order valence-corrected chi connectivity index (χ4v) is 2.52. The molecule has 1 aromatic rings. The number of carbonyl (C=O) groups excluding carboxylic acids is 1. The molecule has 0 bridgehead atoms. The Morgan fingerprint density at radius 2 is 2.29 bits per heavy atom. The van der Waals surface area contributed by atoms with Gasteiger partial charge in [-0.2, -0.15) is 0 Å². The van der Waals surface area contributed by atoms with Gasteiger partial charge in [0, 0.05) is 17.2 Å². The lowest BCUT2D eigenvalue weighted by atomic mass is 10.1. The first kappa shape index (κ1) is 12.5. The molecule has 0 spiro atoms. The molecule has 1 aliphatic heterocycles. The Labute approximate surface area is 110 Å². The Hall–Kier alpha value is -1.000. The van der Waals surface area contributed by atoms with Crippen molar-refractivity contribution >= 4 is 34.4 Å². The van der Waals surface area contributed by atoms with Crippen molar-refractivity contribution in [2.75, 3.05) is 12.3 Å². The number of aliphatic imine (C=N–C) groups is 1. The largest absolute Gasteiger partial charge is 0.305 e. The number of aryl methyl sites for hydroxylation is 1. The van der Waals surface area contributed by atoms with Gasteiger partial charge in [0.2, 0.25) is 5.91 Å². The van der Waals surface area contributed by atoms with Gasteiger partial charge in [-0.1, -0.05) is 41.6 Å². The van der Waals surface area contributed by atoms with Gasteiger partial charge in [0.15, 0.2) is 5.17 Å². The second kappa shape index (κ2) is 6.07. The molecule has 5 heteroatoms. The average Bonchev–Trinajstić information content (AvgIpc) is 2.81. The van der Waals surface area contributed by atoms with E-state index in [1.54, 1.807) is 11.8 Å². The second-order valence-corrected chi connectivity index (χ2v) is 5.17. The standard InChI is InChI=1S/C12H13ClN2OS/c13-10-4-2-1-3-9(10)5-6-11(16)15-12-14-7-8-17-12/h1-4H,5-8H2,(H,14,15,16). The van der Waals surface area contributed by atoms with E-state index in [1.165, 1.54) is 0 Å². The molecule has 0 saturated heterocycles. The molecule has 1 aromatic carbocycles. The quantitative estimate of drug-likeness (QED) is 0.915. The van der Waals surface area contributed by atoms with Crippen molar-refractivity contribution in [1.82, 2.24) is 5.32 Å². The normalized spacial score (nSPS) is 14.5. The molecule has 0 aliphatic carbocycles. The summed E-state index contributed by atoms with van der Waals surface area (Å²) in [7, 11) is 0. The van der Waals surface area contributed by atoms with Gasteiger partial charge in [-0.15, -0.1) is 0 Å². The molecule has 1 aliphatic rings. The maximum absolute atomic E-state index is 11.6. The molecule has 1 N–H and O–H groups in total. The Morgan fingerprint density at radius 1 is 1.47 bits per heavy atom. The first-order valence-corrected chi connectivity index (χ1v) is 6.82. The topological polar surface area (TPSA) is 41.5 Å². The highest BCUT2D eigenvalue weighted by atomic mass is 35.5. The minimum Gasteiger partial charge on any atom is -0.305 e. The van der Waals surface area contributed by atoms with Crippen molar-refractivity contribution in [3.8, 4) is 0 Å². The summed E-state index contributed by atoms with van der Waals surface area (Å²) in [6, 6.07) is 7.59. The summed E-state index contributed by atoms with van der Waals surface area (Å²) in [5.41, 5.74) is 1.00. The monoisotopic (exact) mass is 268 g/mol. The van der Waals surface area contributed by atoms with Gasteiger partial charge in [-0.25, -0.2) is 0 Å². The number of thioether (sulfide) groups is 1. The number of hydrogen-bond donors (Lipinski definition) is 1. The molecule has 1 heterocycles. The van der Waals surface area contributed by atoms with Crippen LogP contribution in [-0.2, 0) is 11.2 Å². The number of halogens is 1. The van der Waals surface area contributed by atoms with Crippen LogP contribution < -0.4 is 5.32 Å². The number of benzene rings is 1. The highest BCUT2D eigenvalue weighted by Crippen LogP contribution is 2.16. The molecule has 0 radical (unpaired) electrons. The van der Waals surface area contributed by atoms with E-state index in [9.17, 15) is 4.79 Å². The SMILES string of the molecule is O=C(CCc1ccccc1Cl)NC1=NCCS1. The zero-order valence-electron chi connectivity index (χ0n) is 9.28. The van der Waals surface area contributed by atoms with Crippen molar-refractivity contribution in [3.63, 3.8) is 0 Å². The summed E-state index contributed by atoms with van der Waals surface area (Å²) in [6.07, 6.45) is 1.09. The molecule has 0 aromatic heterocycles. The van der Waals surface area contributed by atoms with Crippen molar-refractivity contribution < 1.29 is 4.79 Å². The van der Waals surface area contributed by atoms with Gasteiger partial charge in [0.25, 0.3) is 0 Å². The first-order chi connectivity index (χ1) is 8.25. The van der Waals surface area contributed by atoms with Crippen LogP contribution in [0.25, 0.3) is 0 Å². The lowest BCUT2D eigenvalue weighted by Crippen LogP contribution is -2.27. The summed E-state index contributed by atoms with van der Waals surface area (Å²) in [6.45, 7) is 0.796. The van der Waals surface area contributed by atoms with E-state index in [0.29, 0.717) is 17.9 Å². The lowest BCUT2D eigenvalue weighted by Gasteiger charge is -2.05. The molecule has 2 rings (SSSR count). The number of carbonyl (C=O) groups is 1. The van der Waals surface area contributed by atoms with Gasteiger partial charge in [0.05, 0.1) is 6.54 Å². The molecule has 17 heavy (non-hydrogen) atoms. The van der Waals surface area contributed by atoms with Gasteiger partial charge < -0.3 is 5.32 Å². The fourth-order valence-electron chi connectivity index (χ4n) is 1.54. The van der Waals surface area contributed by atoms with Crippen molar-refractivity contribution in [2.24, 2.45) is 4.99 Å². The molecular weight excluding hydrogens is 256 g/mol. The van der Waals surface area contributed by atoms with Crippen LogP contribution in [0.15, 0.2) is 29.3 Å². The molecule has 0 fully saturated rings. The molecule has 0 atom stereocenters. The number of amidine groups is 1. The van der Waals surface area contributed by atoms with E-state index < -0.39 is 0 Å². The van der Waals surface area contributed by atoms with E-state index in [2.05, 4.69) is 10.3 Å². The van der Waals surface area contributed by atoms with E-state index in [0.717, 1.165) is 23.0 Å². The van der Waals surface area contributed by atoms with Crippen molar-refractivity contribution in [2.45, 2.75) is 12.8 Å². The van der Waals surface area contributed by atoms with E-state index in [1.807, 2.05) is 24.3 Å². The Bertz CT molecular complexity index is 448. The summed E-state index contributed by atoms with van der Waals surface area (Å²) < 4.78 is 0. The van der Waals surface area contributed by atoms with Gasteiger partial charge in [0.1, 0.15) is 0 Å². The van der Waals surface area contributed by atoms with Crippen LogP contribution in [0, 0.1) is 0 Å². The summed E-state index contributed by atoms with van der Waals surface area (Å²) in [5, 5.41) is 4.26. The predicted molar refractivity (Wildman–Crippen MR) is 72.7 cm³/mol. The zero-order valence-corrected chi connectivity index (χ0v) is 10.9. The molecular formula is C12H13ClN2OS. The Balaban J connectivity index is 1.82. The number of nitrogens with one attached hydrogen (secondary N) is 1. The molecule has 1 amide bonds. The minimum absolute atomic E-state index is 0.00179. The summed E-state index contributed by atoms with van der Waals surface area (Å²) in [4.78, 5) is 15.8. The van der Waals surface area contributed by atoms with Gasteiger partial charge >= 0.3 is 0 Å². The maximum atomic E-state index is 11.6. The number of rotatable bonds is 3. The predicted octanol–water partition coefficient (Wildman–Crippen LogP) is 2.49. The zero-order chi connectivity index (χ0) is 12.1. The third-order valence-electron chi connectivity index (χ3n) is 2.41. The van der Waals surface area contributed by atoms with E-state index >= 15 is 0 Å². The Morgan fingerprint density at radius 3 is 3.00 bits per heavy atom. The minimum atomic E-state index is -0.00179. The van der Waals surface area contributed by atoms with Crippen LogP contribution in [0.2, 0.25) is 5.02 Å². The van der Waals surface area contributed by atoms with Gasteiger partial charge in [-0.05, 0) is 18.1 Å². The Kier molecular flexibility index (Phi) is 4.45. The summed E-state index contributed by atoms with van der Waals surface area (Å²) >= 11 is 7.61. The van der Waals surface area contributed by atoms with E-state index in [4.69, 9.17) is 11.6 Å². The number of nitrogens with zero attached hydrogens (tertiary/aromatic N) is 1. The van der Waals surface area contributed by atoms with Crippen molar-refractivity contribution in [3.05, 3.63) is 34.9 Å². The number of amides is 1. The van der Waals surface area contributed by atoms with Crippen molar-refractivity contribution in [1.29, 1.82) is 0 Å². The smallest absolute Gasteiger partial charge is 0.226 e. The van der Waals surface area contributed by atoms with Crippen LogP contribution in [0.1, 0.15) is 12.0 Å². The third kappa shape index (κ3) is 3.75. The number of hydrogen-bond acceptors (Lipinski definition) is 3. The molecule has 0 saturated carbocycles. The maximum Gasteiger partial charge on any atom is 0.226 e. The lowest BCUT2D eigenvalue weighted by molar-refractivity contribution is -0.119. The first-order valence-electron chi connectivity index (χ1n) is 5.46. The molecule has 0 unspecified atom stereocenters. The highest BCUT2D eigenvalue weighted by Gasteiger charge is 2.11. The van der Waals surface area contributed by atoms with Crippen LogP contribution >= 0.6 is 23.4 Å². The molecule has 90 valence electrons. The van der Waals surface area contributed by atoms with Crippen LogP contribution in [-0.4, -0.2) is 23.4 Å². The second-order valence-electron chi connectivity index (χ2n) is 3.67. The van der Waals surface area contributed by atoms with Gasteiger partial charge in [-0.3, -0.25) is 9.79 Å². The highest BCUT2D eigenvalue weighted by molar-refractivity contribution is 8.14. The van der Waals surface area contributed by atoms with Crippen LogP contribution in [0.5, 0.6) is 0 Å². The fraction of sp³-hybridized carbons (Fsp3) is 0.333. The van der Waals surface area contributed by atoms with Crippen LogP contribution in [0.3, 0.4) is 0 Å².